The Morgan fingerprint density at radius 2 is 1.50 bits per heavy atom. The van der Waals surface area contributed by atoms with Gasteiger partial charge in [-0.2, -0.15) is 0 Å². The van der Waals surface area contributed by atoms with Gasteiger partial charge in [-0.05, 0) is 78.4 Å². The van der Waals surface area contributed by atoms with Crippen LogP contribution in [0.5, 0.6) is 0 Å². The van der Waals surface area contributed by atoms with Crippen molar-refractivity contribution in [3.8, 4) is 0 Å². The van der Waals surface area contributed by atoms with Crippen molar-refractivity contribution >= 4 is 67.9 Å². The maximum Gasteiger partial charge on any atom is 0.116 e. The summed E-state index contributed by atoms with van der Waals surface area (Å²) in [7, 11) is 0. The molecule has 0 aliphatic heterocycles. The predicted molar refractivity (Wildman–Crippen MR) is 97.1 cm³/mol. The molecule has 98 valence electrons. The summed E-state index contributed by atoms with van der Waals surface area (Å²) >= 11 is 8.18. The summed E-state index contributed by atoms with van der Waals surface area (Å²) in [6.45, 7) is 8.46. The molecule has 2 heterocycles. The van der Waals surface area contributed by atoms with Crippen molar-refractivity contribution in [3.05, 3.63) is 37.8 Å². The zero-order chi connectivity index (χ0) is 13.6. The average molecular weight is 504 g/mol. The SMILES string of the molecule is Cc1sc(C(O)c2c(C)sc(C)c2I)c(I)c1C. The average Bonchev–Trinajstić information content (AvgIpc) is 2.70. The van der Waals surface area contributed by atoms with E-state index in [4.69, 9.17) is 0 Å². The standard InChI is InChI=1S/C13H14I2OS2/c1-5-6(2)18-13(10(5)14)12(16)9-7(3)17-8(4)11(9)15/h12,16H,1-4H3. The molecule has 2 aromatic heterocycles. The zero-order valence-corrected chi connectivity index (χ0v) is 16.5. The van der Waals surface area contributed by atoms with E-state index in [9.17, 15) is 5.11 Å². The molecule has 2 aromatic rings. The topological polar surface area (TPSA) is 20.2 Å². The molecule has 1 unspecified atom stereocenters. The molecular formula is C13H14I2OS2. The monoisotopic (exact) mass is 504 g/mol. The fourth-order valence-electron chi connectivity index (χ4n) is 1.92. The van der Waals surface area contributed by atoms with Crippen molar-refractivity contribution in [1.82, 2.24) is 0 Å². The highest BCUT2D eigenvalue weighted by Crippen LogP contribution is 2.41. The number of rotatable bonds is 2. The maximum absolute atomic E-state index is 10.7. The van der Waals surface area contributed by atoms with Gasteiger partial charge in [0, 0.05) is 27.3 Å². The van der Waals surface area contributed by atoms with Gasteiger partial charge in [0.1, 0.15) is 6.10 Å². The van der Waals surface area contributed by atoms with E-state index in [1.807, 2.05) is 0 Å². The van der Waals surface area contributed by atoms with Gasteiger partial charge in [-0.3, -0.25) is 0 Å². The molecule has 0 aliphatic carbocycles. The summed E-state index contributed by atoms with van der Waals surface area (Å²) < 4.78 is 2.42. The molecule has 0 spiro atoms. The third kappa shape index (κ3) is 2.53. The van der Waals surface area contributed by atoms with E-state index >= 15 is 0 Å². The second-order valence-corrected chi connectivity index (χ2v) is 9.15. The molecule has 0 saturated carbocycles. The normalized spacial score (nSPS) is 13.1. The van der Waals surface area contributed by atoms with E-state index in [1.165, 1.54) is 27.3 Å². The fraction of sp³-hybridized carbons (Fsp3) is 0.385. The molecule has 0 aliphatic rings. The number of hydrogen-bond acceptors (Lipinski definition) is 3. The summed E-state index contributed by atoms with van der Waals surface area (Å²) in [6, 6.07) is 0. The molecule has 0 aromatic carbocycles. The van der Waals surface area contributed by atoms with Gasteiger partial charge in [0.25, 0.3) is 0 Å². The molecule has 1 atom stereocenters. The van der Waals surface area contributed by atoms with Crippen molar-refractivity contribution < 1.29 is 5.11 Å². The Morgan fingerprint density at radius 3 is 1.89 bits per heavy atom. The lowest BCUT2D eigenvalue weighted by Crippen LogP contribution is -2.01. The first kappa shape index (κ1) is 15.2. The van der Waals surface area contributed by atoms with E-state index in [0.29, 0.717) is 0 Å². The molecular weight excluding hydrogens is 490 g/mol. The van der Waals surface area contributed by atoms with E-state index in [1.54, 1.807) is 22.7 Å². The van der Waals surface area contributed by atoms with Crippen LogP contribution in [0.15, 0.2) is 0 Å². The highest BCUT2D eigenvalue weighted by molar-refractivity contribution is 14.1. The molecule has 1 nitrogen and oxygen atoms in total. The second kappa shape index (κ2) is 5.67. The Hall–Kier alpha value is 0.820. The van der Waals surface area contributed by atoms with Crippen LogP contribution in [0.1, 0.15) is 36.7 Å². The lowest BCUT2D eigenvalue weighted by Gasteiger charge is -2.11. The number of aliphatic hydroxyl groups is 1. The molecule has 0 bridgehead atoms. The van der Waals surface area contributed by atoms with Crippen LogP contribution in [0.3, 0.4) is 0 Å². The largest absolute Gasteiger partial charge is 0.383 e. The minimum Gasteiger partial charge on any atom is -0.383 e. The van der Waals surface area contributed by atoms with Crippen LogP contribution in [0.25, 0.3) is 0 Å². The highest BCUT2D eigenvalue weighted by atomic mass is 127. The third-order valence-corrected chi connectivity index (χ3v) is 8.90. The Bertz CT molecular complexity index is 599. The van der Waals surface area contributed by atoms with E-state index < -0.39 is 6.10 Å². The van der Waals surface area contributed by atoms with Crippen molar-refractivity contribution in [1.29, 1.82) is 0 Å². The van der Waals surface area contributed by atoms with Crippen LogP contribution in [0.2, 0.25) is 0 Å². The van der Waals surface area contributed by atoms with Crippen molar-refractivity contribution in [3.63, 3.8) is 0 Å². The third-order valence-electron chi connectivity index (χ3n) is 3.09. The highest BCUT2D eigenvalue weighted by Gasteiger charge is 2.24. The zero-order valence-electron chi connectivity index (χ0n) is 10.6. The van der Waals surface area contributed by atoms with Crippen LogP contribution in [-0.2, 0) is 0 Å². The second-order valence-electron chi connectivity index (χ2n) is 4.31. The summed E-state index contributed by atoms with van der Waals surface area (Å²) in [5.41, 5.74) is 2.39. The molecule has 18 heavy (non-hydrogen) atoms. The Labute approximate surface area is 143 Å². The Morgan fingerprint density at radius 1 is 0.889 bits per heavy atom. The lowest BCUT2D eigenvalue weighted by atomic mass is 10.1. The van der Waals surface area contributed by atoms with Gasteiger partial charge < -0.3 is 5.11 Å². The van der Waals surface area contributed by atoms with Gasteiger partial charge >= 0.3 is 0 Å². The van der Waals surface area contributed by atoms with Crippen molar-refractivity contribution in [2.75, 3.05) is 0 Å². The van der Waals surface area contributed by atoms with Crippen LogP contribution in [-0.4, -0.2) is 5.11 Å². The minimum atomic E-state index is -0.480. The Kier molecular flexibility index (Phi) is 4.79. The first-order valence-electron chi connectivity index (χ1n) is 5.53. The first-order chi connectivity index (χ1) is 8.34. The van der Waals surface area contributed by atoms with Gasteiger partial charge in [0.15, 0.2) is 0 Å². The van der Waals surface area contributed by atoms with Crippen LogP contribution >= 0.6 is 67.9 Å². The summed E-state index contributed by atoms with van der Waals surface area (Å²) in [6.07, 6.45) is -0.480. The number of hydrogen-bond donors (Lipinski definition) is 1. The molecule has 2 rings (SSSR count). The van der Waals surface area contributed by atoms with Crippen LogP contribution in [0.4, 0.5) is 0 Å². The molecule has 0 radical (unpaired) electrons. The van der Waals surface area contributed by atoms with E-state index in [0.717, 1.165) is 10.4 Å². The van der Waals surface area contributed by atoms with Gasteiger partial charge in [-0.15, -0.1) is 22.7 Å². The van der Waals surface area contributed by atoms with Gasteiger partial charge in [0.2, 0.25) is 0 Å². The Balaban J connectivity index is 2.54. The first-order valence-corrected chi connectivity index (χ1v) is 9.32. The maximum atomic E-state index is 10.7. The van der Waals surface area contributed by atoms with Crippen LogP contribution in [0, 0.1) is 34.8 Å². The fourth-order valence-corrected chi connectivity index (χ4v) is 6.38. The molecule has 0 saturated heterocycles. The number of aryl methyl sites for hydroxylation is 3. The molecule has 1 N–H and O–H groups in total. The molecule has 0 fully saturated rings. The lowest BCUT2D eigenvalue weighted by molar-refractivity contribution is 0.222. The molecule has 0 amide bonds. The summed E-state index contributed by atoms with van der Waals surface area (Å²) in [5, 5.41) is 10.7. The van der Waals surface area contributed by atoms with Crippen LogP contribution < -0.4 is 0 Å². The molecule has 5 heteroatoms. The van der Waals surface area contributed by atoms with E-state index in [-0.39, 0.29) is 0 Å². The van der Waals surface area contributed by atoms with Gasteiger partial charge in [-0.1, -0.05) is 0 Å². The van der Waals surface area contributed by atoms with Gasteiger partial charge in [-0.25, -0.2) is 0 Å². The summed E-state index contributed by atoms with van der Waals surface area (Å²) in [4.78, 5) is 4.91. The predicted octanol–water partition coefficient (Wildman–Crippen LogP) is 5.33. The number of thiophene rings is 2. The smallest absolute Gasteiger partial charge is 0.116 e. The van der Waals surface area contributed by atoms with Crippen molar-refractivity contribution in [2.45, 2.75) is 33.8 Å². The number of aliphatic hydroxyl groups excluding tert-OH is 1. The summed E-state index contributed by atoms with van der Waals surface area (Å²) in [5.74, 6) is 0. The number of halogens is 2. The van der Waals surface area contributed by atoms with Crippen molar-refractivity contribution in [2.24, 2.45) is 0 Å². The quantitative estimate of drug-likeness (QED) is 0.549. The van der Waals surface area contributed by atoms with Gasteiger partial charge in [0.05, 0.1) is 4.88 Å². The van der Waals surface area contributed by atoms with E-state index in [2.05, 4.69) is 72.9 Å². The minimum absolute atomic E-state index is 0.480.